The van der Waals surface area contributed by atoms with Gasteiger partial charge in [-0.1, -0.05) is 12.1 Å². The van der Waals surface area contributed by atoms with E-state index in [0.29, 0.717) is 30.2 Å². The Labute approximate surface area is 157 Å². The summed E-state index contributed by atoms with van der Waals surface area (Å²) in [6, 6.07) is 13.7. The first-order valence-electron chi connectivity index (χ1n) is 8.22. The van der Waals surface area contributed by atoms with Crippen molar-refractivity contribution in [3.63, 3.8) is 0 Å². The zero-order chi connectivity index (χ0) is 19.6. The number of nitrogens with zero attached hydrogens (tertiary/aromatic N) is 1. The van der Waals surface area contributed by atoms with Crippen LogP contribution in [0.5, 0.6) is 17.2 Å². The molecule has 0 unspecified atom stereocenters. The van der Waals surface area contributed by atoms with E-state index in [4.69, 9.17) is 9.47 Å². The Kier molecular flexibility index (Phi) is 7.08. The first-order chi connectivity index (χ1) is 13.1. The van der Waals surface area contributed by atoms with Gasteiger partial charge in [0.2, 0.25) is 0 Å². The highest BCUT2D eigenvalue weighted by atomic mass is 16.5. The molecule has 0 radical (unpaired) electrons. The maximum absolute atomic E-state index is 12.3. The van der Waals surface area contributed by atoms with Gasteiger partial charge in [0, 0.05) is 18.8 Å². The largest absolute Gasteiger partial charge is 0.508 e. The number of amides is 1. The van der Waals surface area contributed by atoms with Crippen molar-refractivity contribution in [2.45, 2.75) is 6.42 Å². The Hall–Kier alpha value is -3.66. The molecule has 1 amide bonds. The molecule has 27 heavy (non-hydrogen) atoms. The molecule has 2 aromatic carbocycles. The number of hydrogen-bond acceptors (Lipinski definition) is 6. The summed E-state index contributed by atoms with van der Waals surface area (Å²) in [5.41, 5.74) is 1.37. The van der Waals surface area contributed by atoms with Crippen molar-refractivity contribution in [2.75, 3.05) is 26.1 Å². The average Bonchev–Trinajstić information content (AvgIpc) is 2.69. The Balaban J connectivity index is 1.97. The van der Waals surface area contributed by atoms with Crippen LogP contribution in [0.1, 0.15) is 5.56 Å². The van der Waals surface area contributed by atoms with Crippen LogP contribution in [0.4, 0.5) is 5.69 Å². The maximum Gasteiger partial charge on any atom is 0.267 e. The number of aromatic hydroxyl groups is 1. The third kappa shape index (κ3) is 5.68. The van der Waals surface area contributed by atoms with Crippen LogP contribution in [-0.4, -0.2) is 31.8 Å². The number of benzene rings is 2. The molecular formula is C20H21N3O4. The topological polar surface area (TPSA) is 104 Å². The summed E-state index contributed by atoms with van der Waals surface area (Å²) in [6.45, 7) is 0.533. The summed E-state index contributed by atoms with van der Waals surface area (Å²) in [4.78, 5) is 12.3. The van der Waals surface area contributed by atoms with E-state index in [9.17, 15) is 15.2 Å². The van der Waals surface area contributed by atoms with Crippen LogP contribution in [0.2, 0.25) is 0 Å². The lowest BCUT2D eigenvalue weighted by Gasteiger charge is -2.11. The van der Waals surface area contributed by atoms with Crippen molar-refractivity contribution in [2.24, 2.45) is 0 Å². The van der Waals surface area contributed by atoms with Gasteiger partial charge in [-0.15, -0.1) is 0 Å². The SMILES string of the molecule is COc1ccc(OC)c(NC(=O)/C(C#N)=C\NCCc2ccc(O)cc2)c1. The fourth-order valence-corrected chi connectivity index (χ4v) is 2.30. The lowest BCUT2D eigenvalue weighted by Crippen LogP contribution is -2.18. The molecular weight excluding hydrogens is 346 g/mol. The van der Waals surface area contributed by atoms with E-state index in [0.717, 1.165) is 5.56 Å². The van der Waals surface area contributed by atoms with Crippen molar-refractivity contribution < 1.29 is 19.4 Å². The normalized spacial score (nSPS) is 10.6. The second-order valence-electron chi connectivity index (χ2n) is 5.56. The molecule has 0 atom stereocenters. The number of anilines is 1. The van der Waals surface area contributed by atoms with E-state index in [1.165, 1.54) is 20.4 Å². The minimum atomic E-state index is -0.554. The number of nitrogens with one attached hydrogen (secondary N) is 2. The van der Waals surface area contributed by atoms with Crippen LogP contribution >= 0.6 is 0 Å². The average molecular weight is 367 g/mol. The predicted octanol–water partition coefficient (Wildman–Crippen LogP) is 2.59. The molecule has 0 aliphatic rings. The maximum atomic E-state index is 12.3. The van der Waals surface area contributed by atoms with Gasteiger partial charge in [0.05, 0.1) is 19.9 Å². The summed E-state index contributed by atoms with van der Waals surface area (Å²) < 4.78 is 10.3. The molecule has 0 bridgehead atoms. The van der Waals surface area contributed by atoms with Gasteiger partial charge in [0.25, 0.3) is 5.91 Å². The summed E-state index contributed by atoms with van der Waals surface area (Å²) in [5.74, 6) is 0.673. The Morgan fingerprint density at radius 1 is 1.19 bits per heavy atom. The van der Waals surface area contributed by atoms with Gasteiger partial charge in [-0.05, 0) is 36.2 Å². The highest BCUT2D eigenvalue weighted by Gasteiger charge is 2.13. The number of hydrogen-bond donors (Lipinski definition) is 3. The van der Waals surface area contributed by atoms with Gasteiger partial charge < -0.3 is 25.2 Å². The molecule has 0 spiro atoms. The molecule has 0 saturated carbocycles. The second-order valence-corrected chi connectivity index (χ2v) is 5.56. The van der Waals surface area contributed by atoms with Crippen molar-refractivity contribution in [3.05, 3.63) is 59.8 Å². The molecule has 0 aliphatic carbocycles. The van der Waals surface area contributed by atoms with E-state index in [2.05, 4.69) is 10.6 Å². The first-order valence-corrected chi connectivity index (χ1v) is 8.22. The number of nitriles is 1. The third-order valence-corrected chi connectivity index (χ3v) is 3.76. The summed E-state index contributed by atoms with van der Waals surface area (Å²) in [5, 5.41) is 24.1. The van der Waals surface area contributed by atoms with Crippen LogP contribution < -0.4 is 20.1 Å². The molecule has 7 heteroatoms. The first kappa shape index (κ1) is 19.7. The quantitative estimate of drug-likeness (QED) is 0.376. The fraction of sp³-hybridized carbons (Fsp3) is 0.200. The van der Waals surface area contributed by atoms with Crippen molar-refractivity contribution >= 4 is 11.6 Å². The molecule has 3 N–H and O–H groups in total. The monoisotopic (exact) mass is 367 g/mol. The second kappa shape index (κ2) is 9.73. The summed E-state index contributed by atoms with van der Waals surface area (Å²) in [7, 11) is 3.01. The van der Waals surface area contributed by atoms with E-state index < -0.39 is 5.91 Å². The molecule has 0 saturated heterocycles. The summed E-state index contributed by atoms with van der Waals surface area (Å²) in [6.07, 6.45) is 2.06. The van der Waals surface area contributed by atoms with Gasteiger partial charge in [0.1, 0.15) is 28.9 Å². The Bertz CT molecular complexity index is 855. The number of ether oxygens (including phenoxy) is 2. The van der Waals surface area contributed by atoms with E-state index in [-0.39, 0.29) is 11.3 Å². The van der Waals surface area contributed by atoms with Gasteiger partial charge >= 0.3 is 0 Å². The van der Waals surface area contributed by atoms with Crippen molar-refractivity contribution in [1.29, 1.82) is 5.26 Å². The number of rotatable bonds is 8. The van der Waals surface area contributed by atoms with Crippen LogP contribution in [0, 0.1) is 11.3 Å². The van der Waals surface area contributed by atoms with Crippen molar-refractivity contribution in [3.8, 4) is 23.3 Å². The highest BCUT2D eigenvalue weighted by Crippen LogP contribution is 2.29. The lowest BCUT2D eigenvalue weighted by molar-refractivity contribution is -0.112. The minimum Gasteiger partial charge on any atom is -0.508 e. The van der Waals surface area contributed by atoms with Crippen LogP contribution in [-0.2, 0) is 11.2 Å². The lowest BCUT2D eigenvalue weighted by atomic mass is 10.1. The zero-order valence-corrected chi connectivity index (χ0v) is 15.2. The Morgan fingerprint density at radius 3 is 2.56 bits per heavy atom. The zero-order valence-electron chi connectivity index (χ0n) is 15.2. The van der Waals surface area contributed by atoms with Gasteiger partial charge in [-0.2, -0.15) is 5.26 Å². The number of carbonyl (C=O) groups is 1. The van der Waals surface area contributed by atoms with E-state index in [1.807, 2.05) is 18.2 Å². The number of methoxy groups -OCH3 is 2. The van der Waals surface area contributed by atoms with Crippen molar-refractivity contribution in [1.82, 2.24) is 5.32 Å². The molecule has 140 valence electrons. The third-order valence-electron chi connectivity index (χ3n) is 3.76. The number of phenols is 1. The Morgan fingerprint density at radius 2 is 1.93 bits per heavy atom. The molecule has 2 rings (SSSR count). The molecule has 7 nitrogen and oxygen atoms in total. The molecule has 0 aromatic heterocycles. The van der Waals surface area contributed by atoms with Crippen LogP contribution in [0.3, 0.4) is 0 Å². The number of phenolic OH excluding ortho intramolecular Hbond substituents is 1. The van der Waals surface area contributed by atoms with Gasteiger partial charge in [0.15, 0.2) is 0 Å². The molecule has 0 fully saturated rings. The predicted molar refractivity (Wildman–Crippen MR) is 102 cm³/mol. The molecule has 2 aromatic rings. The molecule has 0 aliphatic heterocycles. The van der Waals surface area contributed by atoms with E-state index >= 15 is 0 Å². The molecule has 0 heterocycles. The van der Waals surface area contributed by atoms with Crippen LogP contribution in [0.15, 0.2) is 54.2 Å². The van der Waals surface area contributed by atoms with E-state index in [1.54, 1.807) is 30.3 Å². The highest BCUT2D eigenvalue weighted by molar-refractivity contribution is 6.07. The fourth-order valence-electron chi connectivity index (χ4n) is 2.30. The van der Waals surface area contributed by atoms with Gasteiger partial charge in [-0.25, -0.2) is 0 Å². The van der Waals surface area contributed by atoms with Crippen LogP contribution in [0.25, 0.3) is 0 Å². The standard InChI is InChI=1S/C20H21N3O4/c1-26-17-7-8-19(27-2)18(11-17)23-20(25)15(12-21)13-22-10-9-14-3-5-16(24)6-4-14/h3-8,11,13,22,24H,9-10H2,1-2H3,(H,23,25)/b15-13-. The van der Waals surface area contributed by atoms with Gasteiger partial charge in [-0.3, -0.25) is 4.79 Å². The smallest absolute Gasteiger partial charge is 0.267 e. The summed E-state index contributed by atoms with van der Waals surface area (Å²) >= 11 is 0. The minimum absolute atomic E-state index is 0.0643. The number of carbonyl (C=O) groups excluding carboxylic acids is 1.